The average Bonchev–Trinajstić information content (AvgIpc) is 2.81. The molecule has 3 rings (SSSR count). The molecule has 1 aliphatic rings. The monoisotopic (exact) mass is 358 g/mol. The maximum absolute atomic E-state index is 14.7. The lowest BCUT2D eigenvalue weighted by Crippen LogP contribution is -2.25. The molecule has 136 valence electrons. The maximum atomic E-state index is 14.7. The number of ketones is 1. The summed E-state index contributed by atoms with van der Waals surface area (Å²) in [5.74, 6) is -5.26. The molecule has 1 unspecified atom stereocenters. The van der Waals surface area contributed by atoms with E-state index in [1.54, 1.807) is 31.4 Å². The molecule has 5 heteroatoms. The summed E-state index contributed by atoms with van der Waals surface area (Å²) in [7, 11) is 1.54. The van der Waals surface area contributed by atoms with Crippen LogP contribution in [-0.2, 0) is 17.1 Å². The van der Waals surface area contributed by atoms with Crippen LogP contribution >= 0.6 is 0 Å². The van der Waals surface area contributed by atoms with E-state index in [4.69, 9.17) is 4.74 Å². The van der Waals surface area contributed by atoms with Crippen LogP contribution in [0.2, 0.25) is 0 Å². The highest BCUT2D eigenvalue weighted by Gasteiger charge is 2.55. The van der Waals surface area contributed by atoms with Gasteiger partial charge >= 0.3 is 5.92 Å². The third-order valence-electron chi connectivity index (χ3n) is 4.75. The van der Waals surface area contributed by atoms with Crippen LogP contribution in [0.5, 0.6) is 5.75 Å². The highest BCUT2D eigenvalue weighted by Crippen LogP contribution is 2.50. The number of fused-ring (bicyclic) bond motifs is 1. The summed E-state index contributed by atoms with van der Waals surface area (Å²) >= 11 is 0. The molecule has 0 saturated carbocycles. The van der Waals surface area contributed by atoms with Crippen LogP contribution in [0.1, 0.15) is 41.2 Å². The quantitative estimate of drug-likeness (QED) is 0.811. The molecular weight excluding hydrogens is 338 g/mol. The molecular formula is C21H20F2O3. The Kier molecular flexibility index (Phi) is 4.67. The summed E-state index contributed by atoms with van der Waals surface area (Å²) in [6.45, 7) is 5.33. The standard InChI is InChI=1S/C21H20F2O3/c1-12(10-14-6-4-7-15(11-14)26-3)18-17-9-5-8-16(13(2)24)19(17)21(22,23)20(18)25/h4-9,11,13,18,24H,1,10H2,2-3H3/t13-,18?/m0/s1. The number of carbonyl (C=O) groups is 1. The van der Waals surface area contributed by atoms with Crippen molar-refractivity contribution in [2.45, 2.75) is 31.3 Å². The van der Waals surface area contributed by atoms with Gasteiger partial charge in [0.2, 0.25) is 5.78 Å². The molecule has 3 nitrogen and oxygen atoms in total. The highest BCUT2D eigenvalue weighted by atomic mass is 19.3. The van der Waals surface area contributed by atoms with E-state index in [2.05, 4.69) is 6.58 Å². The van der Waals surface area contributed by atoms with Crippen molar-refractivity contribution in [1.82, 2.24) is 0 Å². The number of benzene rings is 2. The highest BCUT2D eigenvalue weighted by molar-refractivity contribution is 6.00. The molecule has 0 aromatic heterocycles. The molecule has 0 radical (unpaired) electrons. The van der Waals surface area contributed by atoms with Gasteiger partial charge in [-0.05, 0) is 42.2 Å². The van der Waals surface area contributed by atoms with Gasteiger partial charge in [0, 0.05) is 5.56 Å². The number of aliphatic hydroxyl groups excluding tert-OH is 1. The fourth-order valence-corrected chi connectivity index (χ4v) is 3.54. The first-order valence-electron chi connectivity index (χ1n) is 8.31. The van der Waals surface area contributed by atoms with E-state index < -0.39 is 23.7 Å². The van der Waals surface area contributed by atoms with E-state index in [1.165, 1.54) is 19.1 Å². The topological polar surface area (TPSA) is 46.5 Å². The van der Waals surface area contributed by atoms with E-state index in [9.17, 15) is 18.7 Å². The maximum Gasteiger partial charge on any atom is 0.332 e. The Morgan fingerprint density at radius 3 is 2.65 bits per heavy atom. The van der Waals surface area contributed by atoms with Gasteiger partial charge in [-0.2, -0.15) is 8.78 Å². The number of hydrogen-bond donors (Lipinski definition) is 1. The lowest BCUT2D eigenvalue weighted by molar-refractivity contribution is -0.142. The van der Waals surface area contributed by atoms with Gasteiger partial charge in [0.1, 0.15) is 5.75 Å². The predicted octanol–water partition coefficient (Wildman–Crippen LogP) is 4.31. The van der Waals surface area contributed by atoms with Crippen molar-refractivity contribution < 1.29 is 23.4 Å². The molecule has 0 heterocycles. The minimum Gasteiger partial charge on any atom is -0.497 e. The summed E-state index contributed by atoms with van der Waals surface area (Å²) in [6.07, 6.45) is -0.809. The smallest absolute Gasteiger partial charge is 0.332 e. The van der Waals surface area contributed by atoms with Crippen LogP contribution in [0.15, 0.2) is 54.6 Å². The van der Waals surface area contributed by atoms with Crippen molar-refractivity contribution >= 4 is 5.78 Å². The Morgan fingerprint density at radius 1 is 1.31 bits per heavy atom. The number of allylic oxidation sites excluding steroid dienone is 1. The van der Waals surface area contributed by atoms with Crippen molar-refractivity contribution in [3.05, 3.63) is 76.9 Å². The van der Waals surface area contributed by atoms with Gasteiger partial charge in [0.25, 0.3) is 0 Å². The molecule has 2 aromatic rings. The van der Waals surface area contributed by atoms with E-state index in [-0.39, 0.29) is 23.1 Å². The zero-order valence-electron chi connectivity index (χ0n) is 14.6. The Bertz CT molecular complexity index is 871. The van der Waals surface area contributed by atoms with E-state index >= 15 is 0 Å². The molecule has 26 heavy (non-hydrogen) atoms. The van der Waals surface area contributed by atoms with Crippen molar-refractivity contribution in [2.24, 2.45) is 0 Å². The van der Waals surface area contributed by atoms with Gasteiger partial charge in [0.15, 0.2) is 0 Å². The van der Waals surface area contributed by atoms with Crippen molar-refractivity contribution in [1.29, 1.82) is 0 Å². The number of alkyl halides is 2. The molecule has 1 aliphatic carbocycles. The number of Topliss-reactive ketones (excluding diaryl/α,β-unsaturated/α-hetero) is 1. The minimum atomic E-state index is -3.63. The summed E-state index contributed by atoms with van der Waals surface area (Å²) < 4.78 is 34.6. The number of methoxy groups -OCH3 is 1. The third-order valence-corrected chi connectivity index (χ3v) is 4.75. The Hall–Kier alpha value is -2.53. The molecule has 2 aromatic carbocycles. The minimum absolute atomic E-state index is 0.0810. The number of ether oxygens (including phenoxy) is 1. The first kappa shape index (κ1) is 18.3. The van der Waals surface area contributed by atoms with Gasteiger partial charge in [0.05, 0.1) is 19.1 Å². The molecule has 0 bridgehead atoms. The first-order valence-corrected chi connectivity index (χ1v) is 8.31. The van der Waals surface area contributed by atoms with Gasteiger partial charge in [-0.25, -0.2) is 0 Å². The fraction of sp³-hybridized carbons (Fsp3) is 0.286. The van der Waals surface area contributed by atoms with Crippen molar-refractivity contribution in [3.8, 4) is 5.75 Å². The van der Waals surface area contributed by atoms with Crippen LogP contribution in [0.3, 0.4) is 0 Å². The fourth-order valence-electron chi connectivity index (χ4n) is 3.54. The largest absolute Gasteiger partial charge is 0.497 e. The number of carbonyl (C=O) groups excluding carboxylic acids is 1. The zero-order valence-corrected chi connectivity index (χ0v) is 14.6. The predicted molar refractivity (Wildman–Crippen MR) is 94.6 cm³/mol. The SMILES string of the molecule is C=C(Cc1cccc(OC)c1)C1C(=O)C(F)(F)c2c1cccc2[C@H](C)O. The van der Waals surface area contributed by atoms with Gasteiger partial charge in [-0.3, -0.25) is 4.79 Å². The van der Waals surface area contributed by atoms with Crippen LogP contribution in [0.4, 0.5) is 8.78 Å². The molecule has 0 aliphatic heterocycles. The third kappa shape index (κ3) is 2.92. The Balaban J connectivity index is 2.00. The molecule has 0 spiro atoms. The molecule has 0 fully saturated rings. The second kappa shape index (κ2) is 6.65. The lowest BCUT2D eigenvalue weighted by atomic mass is 9.88. The van der Waals surface area contributed by atoms with Gasteiger partial charge < -0.3 is 9.84 Å². The number of aliphatic hydroxyl groups is 1. The summed E-state index contributed by atoms with van der Waals surface area (Å²) in [6, 6.07) is 11.7. The van der Waals surface area contributed by atoms with Crippen molar-refractivity contribution in [2.75, 3.05) is 7.11 Å². The summed E-state index contributed by atoms with van der Waals surface area (Å²) in [5, 5.41) is 9.84. The van der Waals surface area contributed by atoms with Gasteiger partial charge in [-0.15, -0.1) is 0 Å². The Labute approximate surface area is 150 Å². The second-order valence-corrected chi connectivity index (χ2v) is 6.55. The number of halogens is 2. The lowest BCUT2D eigenvalue weighted by Gasteiger charge is -2.15. The zero-order chi connectivity index (χ0) is 19.1. The molecule has 2 atom stereocenters. The van der Waals surface area contributed by atoms with Crippen LogP contribution in [0.25, 0.3) is 0 Å². The second-order valence-electron chi connectivity index (χ2n) is 6.55. The van der Waals surface area contributed by atoms with Crippen LogP contribution in [0, 0.1) is 0 Å². The summed E-state index contributed by atoms with van der Waals surface area (Å²) in [5.41, 5.74) is 1.15. The normalized spacial score (nSPS) is 19.1. The van der Waals surface area contributed by atoms with Crippen LogP contribution in [-0.4, -0.2) is 18.0 Å². The molecule has 1 N–H and O–H groups in total. The summed E-state index contributed by atoms with van der Waals surface area (Å²) in [4.78, 5) is 12.5. The van der Waals surface area contributed by atoms with E-state index in [0.717, 1.165) is 5.56 Å². The number of hydrogen-bond acceptors (Lipinski definition) is 3. The average molecular weight is 358 g/mol. The van der Waals surface area contributed by atoms with E-state index in [0.29, 0.717) is 11.3 Å². The van der Waals surface area contributed by atoms with Crippen molar-refractivity contribution in [3.63, 3.8) is 0 Å². The van der Waals surface area contributed by atoms with Gasteiger partial charge in [-0.1, -0.05) is 42.5 Å². The Morgan fingerprint density at radius 2 is 2.00 bits per heavy atom. The first-order chi connectivity index (χ1) is 12.3. The number of rotatable bonds is 5. The van der Waals surface area contributed by atoms with E-state index in [1.807, 2.05) is 6.07 Å². The molecule has 0 saturated heterocycles. The molecule has 0 amide bonds. The van der Waals surface area contributed by atoms with Crippen LogP contribution < -0.4 is 4.74 Å².